The molecule has 0 spiro atoms. The van der Waals surface area contributed by atoms with Crippen LogP contribution in [0.1, 0.15) is 11.3 Å². The number of pyridine rings is 1. The summed E-state index contributed by atoms with van der Waals surface area (Å²) >= 11 is 0. The maximum atomic E-state index is 12.0. The molecule has 1 rings (SSSR count). The first kappa shape index (κ1) is 12.1. The van der Waals surface area contributed by atoms with E-state index in [1.165, 1.54) is 6.92 Å². The van der Waals surface area contributed by atoms with Gasteiger partial charge in [-0.2, -0.15) is 5.26 Å². The molecule has 0 aliphatic carbocycles. The largest absolute Gasteiger partial charge is 0.573 e. The van der Waals surface area contributed by atoms with Crippen LogP contribution in [0.15, 0.2) is 6.20 Å². The van der Waals surface area contributed by atoms with Crippen LogP contribution in [0.5, 0.6) is 11.5 Å². The van der Waals surface area contributed by atoms with Crippen LogP contribution in [0.4, 0.5) is 13.2 Å². The number of nitrogens with zero attached hydrogens (tertiary/aromatic N) is 2. The summed E-state index contributed by atoms with van der Waals surface area (Å²) in [6.07, 6.45) is -4.23. The molecule has 0 fully saturated rings. The van der Waals surface area contributed by atoms with Crippen LogP contribution in [-0.2, 0) is 6.42 Å². The van der Waals surface area contributed by atoms with Crippen molar-refractivity contribution in [2.45, 2.75) is 19.7 Å². The molecule has 0 saturated carbocycles. The predicted octanol–water partition coefficient (Wildman–Crippen LogP) is 2.06. The first-order valence-electron chi connectivity index (χ1n) is 4.15. The van der Waals surface area contributed by atoms with Crippen LogP contribution in [0, 0.1) is 18.3 Å². The van der Waals surface area contributed by atoms with E-state index in [9.17, 15) is 18.3 Å². The minimum Gasteiger partial charge on any atom is -0.503 e. The summed E-state index contributed by atoms with van der Waals surface area (Å²) in [5.41, 5.74) is 0.137. The van der Waals surface area contributed by atoms with Crippen molar-refractivity contribution in [3.05, 3.63) is 17.5 Å². The summed E-state index contributed by atoms with van der Waals surface area (Å²) in [5, 5.41) is 17.6. The average Bonchev–Trinajstić information content (AvgIpc) is 2.16. The summed E-state index contributed by atoms with van der Waals surface area (Å²) in [7, 11) is 0. The van der Waals surface area contributed by atoms with E-state index in [4.69, 9.17) is 5.26 Å². The Balaban J connectivity index is 3.17. The van der Waals surface area contributed by atoms with Crippen molar-refractivity contribution in [3.8, 4) is 17.6 Å². The van der Waals surface area contributed by atoms with Gasteiger partial charge in [-0.05, 0) is 6.92 Å². The van der Waals surface area contributed by atoms with Crippen LogP contribution in [-0.4, -0.2) is 16.5 Å². The molecule has 1 heterocycles. The molecule has 0 unspecified atom stereocenters. The van der Waals surface area contributed by atoms with Crippen molar-refractivity contribution >= 4 is 0 Å². The highest BCUT2D eigenvalue weighted by molar-refractivity contribution is 5.46. The van der Waals surface area contributed by atoms with E-state index in [1.54, 1.807) is 6.07 Å². The van der Waals surface area contributed by atoms with Gasteiger partial charge in [-0.1, -0.05) is 0 Å². The van der Waals surface area contributed by atoms with Crippen LogP contribution < -0.4 is 4.74 Å². The average molecular weight is 232 g/mol. The Morgan fingerprint density at radius 1 is 1.56 bits per heavy atom. The van der Waals surface area contributed by atoms with E-state index < -0.39 is 17.9 Å². The molecule has 0 amide bonds. The molecule has 0 saturated heterocycles. The second-order valence-electron chi connectivity index (χ2n) is 2.93. The summed E-state index contributed by atoms with van der Waals surface area (Å²) < 4.78 is 39.7. The Kier molecular flexibility index (Phi) is 3.22. The van der Waals surface area contributed by atoms with Crippen LogP contribution in [0.2, 0.25) is 0 Å². The molecule has 4 nitrogen and oxygen atoms in total. The van der Waals surface area contributed by atoms with E-state index in [0.29, 0.717) is 0 Å². The number of hydrogen-bond donors (Lipinski definition) is 1. The van der Waals surface area contributed by atoms with Gasteiger partial charge in [-0.15, -0.1) is 13.2 Å². The predicted molar refractivity (Wildman–Crippen MR) is 46.6 cm³/mol. The number of halogens is 3. The van der Waals surface area contributed by atoms with Gasteiger partial charge in [-0.3, -0.25) is 4.98 Å². The quantitative estimate of drug-likeness (QED) is 0.847. The molecule has 7 heteroatoms. The summed E-state index contributed by atoms with van der Waals surface area (Å²) in [4.78, 5) is 3.64. The molecule has 0 atom stereocenters. The number of ether oxygens (including phenoxy) is 1. The standard InChI is InChI=1S/C9H7F3N2O2/c1-5-6(2-3-13)14-4-7(15)8(5)16-9(10,11)12/h4,15H,2H2,1H3. The number of nitriles is 1. The molecule has 0 aromatic carbocycles. The molecule has 1 N–H and O–H groups in total. The Labute approximate surface area is 88.9 Å². The number of rotatable bonds is 2. The van der Waals surface area contributed by atoms with Gasteiger partial charge >= 0.3 is 6.36 Å². The number of alkyl halides is 3. The number of aromatic hydroxyl groups is 1. The van der Waals surface area contributed by atoms with Gasteiger partial charge in [0.1, 0.15) is 0 Å². The van der Waals surface area contributed by atoms with Crippen LogP contribution in [0.3, 0.4) is 0 Å². The molecule has 86 valence electrons. The van der Waals surface area contributed by atoms with Crippen molar-refractivity contribution in [2.75, 3.05) is 0 Å². The fraction of sp³-hybridized carbons (Fsp3) is 0.333. The highest BCUT2D eigenvalue weighted by Gasteiger charge is 2.33. The minimum absolute atomic E-state index is 0.00104. The van der Waals surface area contributed by atoms with Crippen molar-refractivity contribution in [3.63, 3.8) is 0 Å². The molecule has 16 heavy (non-hydrogen) atoms. The maximum absolute atomic E-state index is 12.0. The van der Waals surface area contributed by atoms with Gasteiger partial charge in [-0.25, -0.2) is 0 Å². The number of hydrogen-bond acceptors (Lipinski definition) is 4. The van der Waals surface area contributed by atoms with Gasteiger partial charge in [0.2, 0.25) is 0 Å². The Bertz CT molecular complexity index is 438. The summed E-state index contributed by atoms with van der Waals surface area (Å²) in [6, 6.07) is 1.75. The van der Waals surface area contributed by atoms with E-state index in [-0.39, 0.29) is 17.7 Å². The summed E-state index contributed by atoms with van der Waals surface area (Å²) in [5.74, 6) is -1.43. The second-order valence-corrected chi connectivity index (χ2v) is 2.93. The molecule has 0 aliphatic rings. The first-order chi connectivity index (χ1) is 7.35. The van der Waals surface area contributed by atoms with E-state index in [1.807, 2.05) is 0 Å². The molecule has 0 bridgehead atoms. The zero-order valence-electron chi connectivity index (χ0n) is 8.17. The first-order valence-corrected chi connectivity index (χ1v) is 4.15. The lowest BCUT2D eigenvalue weighted by Crippen LogP contribution is -2.18. The van der Waals surface area contributed by atoms with Crippen molar-refractivity contribution in [1.29, 1.82) is 5.26 Å². The van der Waals surface area contributed by atoms with Gasteiger partial charge in [0.25, 0.3) is 0 Å². The fourth-order valence-corrected chi connectivity index (χ4v) is 1.12. The topological polar surface area (TPSA) is 66.1 Å². The number of aromatic nitrogens is 1. The van der Waals surface area contributed by atoms with Crippen LogP contribution in [0.25, 0.3) is 0 Å². The van der Waals surface area contributed by atoms with Gasteiger partial charge in [0.15, 0.2) is 11.5 Å². The third-order valence-corrected chi connectivity index (χ3v) is 1.81. The molecule has 0 aliphatic heterocycles. The Morgan fingerprint density at radius 2 is 2.19 bits per heavy atom. The lowest BCUT2D eigenvalue weighted by atomic mass is 10.1. The maximum Gasteiger partial charge on any atom is 0.573 e. The monoisotopic (exact) mass is 232 g/mol. The SMILES string of the molecule is Cc1c(CC#N)ncc(O)c1OC(F)(F)F. The molecular weight excluding hydrogens is 225 g/mol. The lowest BCUT2D eigenvalue weighted by molar-refractivity contribution is -0.275. The van der Waals surface area contributed by atoms with Gasteiger partial charge < -0.3 is 9.84 Å². The molecule has 1 aromatic rings. The third-order valence-electron chi connectivity index (χ3n) is 1.81. The molecule has 1 aromatic heterocycles. The van der Waals surface area contributed by atoms with Crippen molar-refractivity contribution in [2.24, 2.45) is 0 Å². The van der Waals surface area contributed by atoms with E-state index in [0.717, 1.165) is 6.20 Å². The second kappa shape index (κ2) is 4.26. The third kappa shape index (κ3) is 2.76. The Morgan fingerprint density at radius 3 is 2.69 bits per heavy atom. The minimum atomic E-state index is -4.90. The highest BCUT2D eigenvalue weighted by atomic mass is 19.4. The normalized spacial score (nSPS) is 10.9. The lowest BCUT2D eigenvalue weighted by Gasteiger charge is -2.13. The fourth-order valence-electron chi connectivity index (χ4n) is 1.12. The smallest absolute Gasteiger partial charge is 0.503 e. The zero-order chi connectivity index (χ0) is 12.3. The van der Waals surface area contributed by atoms with Crippen molar-refractivity contribution in [1.82, 2.24) is 4.98 Å². The van der Waals surface area contributed by atoms with Crippen LogP contribution >= 0.6 is 0 Å². The van der Waals surface area contributed by atoms with Crippen molar-refractivity contribution < 1.29 is 23.0 Å². The van der Waals surface area contributed by atoms with E-state index in [2.05, 4.69) is 9.72 Å². The highest BCUT2D eigenvalue weighted by Crippen LogP contribution is 2.35. The van der Waals surface area contributed by atoms with Gasteiger partial charge in [0, 0.05) is 5.56 Å². The van der Waals surface area contributed by atoms with E-state index >= 15 is 0 Å². The molecule has 0 radical (unpaired) electrons. The van der Waals surface area contributed by atoms with Gasteiger partial charge in [0.05, 0.1) is 24.4 Å². The Hall–Kier alpha value is -1.97. The molecular formula is C9H7F3N2O2. The zero-order valence-corrected chi connectivity index (χ0v) is 8.17. The summed E-state index contributed by atoms with van der Waals surface area (Å²) in [6.45, 7) is 1.29.